The molecular weight excluding hydrogens is 268 g/mol. The molecule has 0 saturated carbocycles. The van der Waals surface area contributed by atoms with Crippen molar-refractivity contribution in [2.75, 3.05) is 19.4 Å². The third-order valence-electron chi connectivity index (χ3n) is 2.53. The number of aromatic amines is 1. The molecular formula is C10H14N6O2S. The van der Waals surface area contributed by atoms with Crippen LogP contribution in [-0.2, 0) is 16.6 Å². The molecule has 2 N–H and O–H groups in total. The van der Waals surface area contributed by atoms with Gasteiger partial charge in [-0.2, -0.15) is 9.40 Å². The maximum absolute atomic E-state index is 12.3. The largest absolute Gasteiger partial charge is 0.373 e. The molecule has 2 heterocycles. The number of rotatable bonds is 5. The van der Waals surface area contributed by atoms with Gasteiger partial charge >= 0.3 is 0 Å². The van der Waals surface area contributed by atoms with Crippen LogP contribution in [0.15, 0.2) is 29.6 Å². The smallest absolute Gasteiger partial charge is 0.243 e. The molecule has 2 aromatic rings. The number of pyridine rings is 1. The van der Waals surface area contributed by atoms with E-state index in [4.69, 9.17) is 0 Å². The van der Waals surface area contributed by atoms with Gasteiger partial charge in [0.15, 0.2) is 0 Å². The number of hydrogen-bond acceptors (Lipinski definition) is 6. The van der Waals surface area contributed by atoms with Crippen LogP contribution in [-0.4, -0.2) is 47.0 Å². The van der Waals surface area contributed by atoms with Crippen molar-refractivity contribution < 1.29 is 8.42 Å². The van der Waals surface area contributed by atoms with E-state index >= 15 is 0 Å². The zero-order valence-electron chi connectivity index (χ0n) is 10.5. The van der Waals surface area contributed by atoms with Gasteiger partial charge in [-0.25, -0.2) is 18.4 Å². The van der Waals surface area contributed by atoms with Gasteiger partial charge in [0.25, 0.3) is 0 Å². The maximum atomic E-state index is 12.3. The summed E-state index contributed by atoms with van der Waals surface area (Å²) in [5, 5.41) is 9.10. The monoisotopic (exact) mass is 282 g/mol. The molecule has 0 amide bonds. The van der Waals surface area contributed by atoms with Crippen LogP contribution in [0.2, 0.25) is 0 Å². The van der Waals surface area contributed by atoms with Gasteiger partial charge in [-0.3, -0.25) is 5.10 Å². The van der Waals surface area contributed by atoms with Gasteiger partial charge in [0.2, 0.25) is 10.0 Å². The van der Waals surface area contributed by atoms with Crippen molar-refractivity contribution >= 4 is 15.8 Å². The van der Waals surface area contributed by atoms with Gasteiger partial charge in [0.05, 0.1) is 11.4 Å². The lowest BCUT2D eigenvalue weighted by molar-refractivity contribution is 0.457. The molecule has 0 radical (unpaired) electrons. The lowest BCUT2D eigenvalue weighted by Gasteiger charge is -2.16. The normalized spacial score (nSPS) is 11.7. The first-order valence-corrected chi connectivity index (χ1v) is 6.92. The lowest BCUT2D eigenvalue weighted by atomic mass is 10.5. The minimum atomic E-state index is -3.58. The fourth-order valence-corrected chi connectivity index (χ4v) is 2.64. The summed E-state index contributed by atoms with van der Waals surface area (Å²) >= 11 is 0. The van der Waals surface area contributed by atoms with Crippen molar-refractivity contribution in [3.63, 3.8) is 0 Å². The molecule has 0 aliphatic carbocycles. The SMILES string of the molecule is CNc1cc(S(=O)(=O)N(C)Cc2ncn[nH]2)ccn1. The Morgan fingerprint density at radius 1 is 1.42 bits per heavy atom. The van der Waals surface area contributed by atoms with Crippen molar-refractivity contribution in [3.05, 3.63) is 30.5 Å². The summed E-state index contributed by atoms with van der Waals surface area (Å²) < 4.78 is 25.9. The molecule has 8 nitrogen and oxygen atoms in total. The van der Waals surface area contributed by atoms with Crippen molar-refractivity contribution in [1.29, 1.82) is 0 Å². The summed E-state index contributed by atoms with van der Waals surface area (Å²) in [7, 11) is -0.421. The van der Waals surface area contributed by atoms with Gasteiger partial charge in [0.1, 0.15) is 18.0 Å². The van der Waals surface area contributed by atoms with E-state index in [1.54, 1.807) is 7.05 Å². The van der Waals surface area contributed by atoms with Crippen LogP contribution >= 0.6 is 0 Å². The molecule has 102 valence electrons. The fraction of sp³-hybridized carbons (Fsp3) is 0.300. The number of sulfonamides is 1. The third kappa shape index (κ3) is 2.88. The molecule has 0 atom stereocenters. The van der Waals surface area contributed by atoms with Crippen LogP contribution in [0.4, 0.5) is 5.82 Å². The van der Waals surface area contributed by atoms with E-state index in [0.717, 1.165) is 0 Å². The fourth-order valence-electron chi connectivity index (χ4n) is 1.49. The van der Waals surface area contributed by atoms with E-state index in [0.29, 0.717) is 11.6 Å². The van der Waals surface area contributed by atoms with Gasteiger partial charge in [-0.15, -0.1) is 0 Å². The second-order valence-corrected chi connectivity index (χ2v) is 5.86. The Hall–Kier alpha value is -2.00. The Morgan fingerprint density at radius 3 is 2.84 bits per heavy atom. The van der Waals surface area contributed by atoms with E-state index in [1.165, 1.54) is 36.0 Å². The highest BCUT2D eigenvalue weighted by Gasteiger charge is 2.22. The zero-order valence-corrected chi connectivity index (χ0v) is 11.3. The lowest BCUT2D eigenvalue weighted by Crippen LogP contribution is -2.27. The Balaban J connectivity index is 2.25. The van der Waals surface area contributed by atoms with E-state index in [9.17, 15) is 8.42 Å². The first kappa shape index (κ1) is 13.4. The first-order valence-electron chi connectivity index (χ1n) is 5.48. The number of aromatic nitrogens is 4. The summed E-state index contributed by atoms with van der Waals surface area (Å²) in [6, 6.07) is 2.93. The van der Waals surface area contributed by atoms with Gasteiger partial charge in [-0.1, -0.05) is 0 Å². The molecule has 9 heteroatoms. The predicted octanol–water partition coefficient (Wildman–Crippen LogP) is 0.0621. The molecule has 19 heavy (non-hydrogen) atoms. The number of hydrogen-bond donors (Lipinski definition) is 2. The van der Waals surface area contributed by atoms with Gasteiger partial charge in [-0.05, 0) is 6.07 Å². The molecule has 0 aliphatic rings. The Labute approximate surface area is 110 Å². The molecule has 2 aromatic heterocycles. The second-order valence-electron chi connectivity index (χ2n) is 3.82. The second kappa shape index (κ2) is 5.33. The van der Waals surface area contributed by atoms with E-state index in [-0.39, 0.29) is 11.4 Å². The summed E-state index contributed by atoms with van der Waals surface area (Å²) in [6.07, 6.45) is 2.78. The van der Waals surface area contributed by atoms with Crippen LogP contribution in [0, 0.1) is 0 Å². The van der Waals surface area contributed by atoms with Crippen LogP contribution in [0.25, 0.3) is 0 Å². The Morgan fingerprint density at radius 2 is 2.21 bits per heavy atom. The van der Waals surface area contributed by atoms with Crippen LogP contribution in [0.3, 0.4) is 0 Å². The van der Waals surface area contributed by atoms with Crippen molar-refractivity contribution in [2.45, 2.75) is 11.4 Å². The number of nitrogens with zero attached hydrogens (tertiary/aromatic N) is 4. The van der Waals surface area contributed by atoms with Gasteiger partial charge < -0.3 is 5.32 Å². The highest BCUT2D eigenvalue weighted by molar-refractivity contribution is 7.89. The summed E-state index contributed by atoms with van der Waals surface area (Å²) in [6.45, 7) is 0.125. The van der Waals surface area contributed by atoms with E-state index in [2.05, 4.69) is 25.5 Å². The summed E-state index contributed by atoms with van der Waals surface area (Å²) in [5.74, 6) is 0.975. The Bertz CT molecular complexity index is 640. The topological polar surface area (TPSA) is 104 Å². The highest BCUT2D eigenvalue weighted by atomic mass is 32.2. The molecule has 0 saturated heterocycles. The average molecular weight is 282 g/mol. The predicted molar refractivity (Wildman–Crippen MR) is 68.8 cm³/mol. The third-order valence-corrected chi connectivity index (χ3v) is 4.33. The van der Waals surface area contributed by atoms with Crippen molar-refractivity contribution in [3.8, 4) is 0 Å². The molecule has 0 aliphatic heterocycles. The van der Waals surface area contributed by atoms with Crippen LogP contribution in [0.5, 0.6) is 0 Å². The van der Waals surface area contributed by atoms with E-state index < -0.39 is 10.0 Å². The van der Waals surface area contributed by atoms with Crippen LogP contribution < -0.4 is 5.32 Å². The summed E-state index contributed by atoms with van der Waals surface area (Å²) in [4.78, 5) is 8.06. The molecule has 0 unspecified atom stereocenters. The standard InChI is InChI=1S/C10H14N6O2S/c1-11-9-5-8(3-4-12-9)19(17,18)16(2)6-10-13-7-14-15-10/h3-5,7H,6H2,1-2H3,(H,11,12)(H,13,14,15). The molecule has 0 spiro atoms. The number of nitrogens with one attached hydrogen (secondary N) is 2. The maximum Gasteiger partial charge on any atom is 0.243 e. The average Bonchev–Trinajstić information content (AvgIpc) is 2.91. The minimum absolute atomic E-state index is 0.125. The minimum Gasteiger partial charge on any atom is -0.373 e. The molecule has 0 aromatic carbocycles. The molecule has 2 rings (SSSR count). The summed E-state index contributed by atoms with van der Waals surface area (Å²) in [5.41, 5.74) is 0. The van der Waals surface area contributed by atoms with Gasteiger partial charge in [0, 0.05) is 26.4 Å². The molecule has 0 fully saturated rings. The number of H-pyrrole nitrogens is 1. The number of anilines is 1. The van der Waals surface area contributed by atoms with E-state index in [1.807, 2.05) is 0 Å². The van der Waals surface area contributed by atoms with Crippen LogP contribution in [0.1, 0.15) is 5.82 Å². The van der Waals surface area contributed by atoms with Crippen molar-refractivity contribution in [1.82, 2.24) is 24.5 Å². The van der Waals surface area contributed by atoms with Crippen molar-refractivity contribution in [2.24, 2.45) is 0 Å². The first-order chi connectivity index (χ1) is 9.04. The molecule has 0 bridgehead atoms. The highest BCUT2D eigenvalue weighted by Crippen LogP contribution is 2.17. The quantitative estimate of drug-likeness (QED) is 0.803. The Kier molecular flexibility index (Phi) is 3.76. The zero-order chi connectivity index (χ0) is 13.9.